The van der Waals surface area contributed by atoms with Gasteiger partial charge in [0.2, 0.25) is 5.91 Å². The first-order valence-electron chi connectivity index (χ1n) is 17.2. The number of esters is 1. The number of amides is 2. The van der Waals surface area contributed by atoms with Gasteiger partial charge in [-0.1, -0.05) is 37.6 Å². The molecule has 0 spiro atoms. The summed E-state index contributed by atoms with van der Waals surface area (Å²) in [6.45, 7) is 16.8. The molecule has 3 N–H and O–H groups in total. The van der Waals surface area contributed by atoms with E-state index in [1.165, 1.54) is 13.2 Å². The number of hydrogen-bond acceptors (Lipinski definition) is 9. The van der Waals surface area contributed by atoms with Crippen molar-refractivity contribution in [1.29, 1.82) is 0 Å². The van der Waals surface area contributed by atoms with Gasteiger partial charge < -0.3 is 39.3 Å². The summed E-state index contributed by atoms with van der Waals surface area (Å²) in [4.78, 5) is 40.6. The molecule has 1 saturated heterocycles. The topological polar surface area (TPSA) is 142 Å². The lowest BCUT2D eigenvalue weighted by molar-refractivity contribution is -0.199. The zero-order valence-corrected chi connectivity index (χ0v) is 31.7. The van der Waals surface area contributed by atoms with Gasteiger partial charge in [-0.15, -0.1) is 0 Å². The summed E-state index contributed by atoms with van der Waals surface area (Å²) in [5.41, 5.74) is -1.53. The molecule has 2 unspecified atom stereocenters. The molecule has 51 heavy (non-hydrogen) atoms. The van der Waals surface area contributed by atoms with Crippen LogP contribution in [0.4, 0.5) is 9.18 Å². The Bertz CT molecular complexity index is 1670. The molecule has 14 heteroatoms. The van der Waals surface area contributed by atoms with Gasteiger partial charge in [-0.05, 0) is 114 Å². The van der Waals surface area contributed by atoms with Crippen molar-refractivity contribution in [2.75, 3.05) is 7.11 Å². The number of benzene rings is 2. The van der Waals surface area contributed by atoms with Crippen LogP contribution in [-0.4, -0.2) is 66.2 Å². The predicted octanol–water partition coefficient (Wildman–Crippen LogP) is 6.71. The molecule has 3 saturated carbocycles. The molecule has 2 aromatic carbocycles. The number of hydrogen-bond donors (Lipinski definition) is 3. The standard InChI is InChI=1S/C37H49BClFN2O9/c1-34(2,3)48-32(45)22-13-11-12-19(30(22)47-10)16-27(38-50-26-18-21-17-25(36(21,7)8)37(26,9)51-38)41-31(44)28(42-33(46)49-35(4,5)6)20-14-23(39)29(43)24(40)15-20/h11-15,21,25-28,43H,16-18H2,1-10H3,(H,41,44)(H,42,46)/t21-,25-,26+,27?,28?,37-/m0/s1. The molecule has 0 radical (unpaired) electrons. The number of rotatable bonds is 9. The fraction of sp³-hybridized carbons (Fsp3) is 0.595. The van der Waals surface area contributed by atoms with Crippen molar-refractivity contribution in [1.82, 2.24) is 10.6 Å². The number of nitrogens with one attached hydrogen (secondary N) is 2. The van der Waals surface area contributed by atoms with Gasteiger partial charge in [-0.25, -0.2) is 14.0 Å². The molecule has 0 aromatic heterocycles. The van der Waals surface area contributed by atoms with Crippen LogP contribution in [0.5, 0.6) is 11.5 Å². The number of halogens is 2. The second kappa shape index (κ2) is 13.8. The summed E-state index contributed by atoms with van der Waals surface area (Å²) in [6, 6.07) is 5.65. The van der Waals surface area contributed by atoms with E-state index in [0.29, 0.717) is 11.5 Å². The second-order valence-electron chi connectivity index (χ2n) is 16.6. The van der Waals surface area contributed by atoms with Gasteiger partial charge in [-0.3, -0.25) is 4.79 Å². The third-order valence-electron chi connectivity index (χ3n) is 10.3. The minimum atomic E-state index is -1.52. The highest BCUT2D eigenvalue weighted by atomic mass is 35.5. The Balaban J connectivity index is 1.52. The molecule has 2 aromatic rings. The molecule has 4 aliphatic rings. The highest BCUT2D eigenvalue weighted by Crippen LogP contribution is 2.65. The number of methoxy groups -OCH3 is 1. The summed E-state index contributed by atoms with van der Waals surface area (Å²) in [5.74, 6) is -3.16. The van der Waals surface area contributed by atoms with Crippen LogP contribution in [0.2, 0.25) is 5.02 Å². The van der Waals surface area contributed by atoms with Gasteiger partial charge in [0.1, 0.15) is 28.6 Å². The Morgan fingerprint density at radius 2 is 1.73 bits per heavy atom. The van der Waals surface area contributed by atoms with E-state index in [4.69, 9.17) is 35.1 Å². The van der Waals surface area contributed by atoms with Gasteiger partial charge in [0.15, 0.2) is 11.6 Å². The lowest BCUT2D eigenvalue weighted by Gasteiger charge is -2.64. The average Bonchev–Trinajstić information content (AvgIpc) is 3.37. The van der Waals surface area contributed by atoms with Crippen LogP contribution in [0.15, 0.2) is 30.3 Å². The molecule has 6 rings (SSSR count). The van der Waals surface area contributed by atoms with E-state index >= 15 is 0 Å². The van der Waals surface area contributed by atoms with Gasteiger partial charge in [0.05, 0.1) is 29.8 Å². The van der Waals surface area contributed by atoms with Crippen molar-refractivity contribution in [3.63, 3.8) is 0 Å². The summed E-state index contributed by atoms with van der Waals surface area (Å²) >= 11 is 6.11. The van der Waals surface area contributed by atoms with Crippen molar-refractivity contribution >= 4 is 36.7 Å². The van der Waals surface area contributed by atoms with Crippen molar-refractivity contribution < 1.29 is 47.4 Å². The molecule has 2 bridgehead atoms. The lowest BCUT2D eigenvalue weighted by Crippen LogP contribution is -2.65. The Morgan fingerprint density at radius 3 is 2.31 bits per heavy atom. The zero-order chi connectivity index (χ0) is 37.8. The van der Waals surface area contributed by atoms with Crippen LogP contribution in [0.3, 0.4) is 0 Å². The number of phenols is 1. The molecule has 11 nitrogen and oxygen atoms in total. The second-order valence-corrected chi connectivity index (χ2v) is 17.0. The van der Waals surface area contributed by atoms with Crippen LogP contribution < -0.4 is 15.4 Å². The number of para-hydroxylation sites is 1. The van der Waals surface area contributed by atoms with Gasteiger partial charge in [0.25, 0.3) is 0 Å². The molecular weight excluding hydrogens is 682 g/mol. The van der Waals surface area contributed by atoms with E-state index in [0.717, 1.165) is 18.9 Å². The van der Waals surface area contributed by atoms with E-state index in [1.54, 1.807) is 59.7 Å². The maximum absolute atomic E-state index is 14.8. The molecule has 278 valence electrons. The maximum atomic E-state index is 14.8. The van der Waals surface area contributed by atoms with Gasteiger partial charge in [0, 0.05) is 0 Å². The van der Waals surface area contributed by atoms with Crippen molar-refractivity contribution in [2.45, 2.75) is 116 Å². The number of carbonyl (C=O) groups excluding carboxylic acids is 3. The van der Waals surface area contributed by atoms with Crippen molar-refractivity contribution in [3.8, 4) is 11.5 Å². The fourth-order valence-electron chi connectivity index (χ4n) is 7.75. The first-order valence-corrected chi connectivity index (χ1v) is 17.6. The number of phenolic OH excluding ortho intramolecular Hbond substituents is 1. The van der Waals surface area contributed by atoms with Crippen molar-refractivity contribution in [2.24, 2.45) is 17.3 Å². The number of alkyl carbamates (subject to hydrolysis) is 1. The molecule has 3 aliphatic carbocycles. The molecule has 6 atom stereocenters. The Hall–Kier alpha value is -3.55. The van der Waals surface area contributed by atoms with E-state index in [-0.39, 0.29) is 45.8 Å². The van der Waals surface area contributed by atoms with Crippen LogP contribution in [0.1, 0.15) is 103 Å². The molecule has 1 aliphatic heterocycles. The molecule has 2 amide bonds. The zero-order valence-electron chi connectivity index (χ0n) is 30.9. The fourth-order valence-corrected chi connectivity index (χ4v) is 7.96. The van der Waals surface area contributed by atoms with E-state index in [9.17, 15) is 23.9 Å². The van der Waals surface area contributed by atoms with Crippen LogP contribution in [0.25, 0.3) is 0 Å². The Labute approximate surface area is 304 Å². The van der Waals surface area contributed by atoms with Crippen LogP contribution >= 0.6 is 11.6 Å². The van der Waals surface area contributed by atoms with E-state index in [2.05, 4.69) is 31.4 Å². The van der Waals surface area contributed by atoms with Crippen LogP contribution in [-0.2, 0) is 30.0 Å². The SMILES string of the molecule is COc1c(CC(NC(=O)C(NC(=O)OC(C)(C)C)c2cc(F)c(O)c(Cl)c2)B2O[C@@H]3C[C@@H]4C[C@@H](C4(C)C)[C@]3(C)O2)cccc1C(=O)OC(C)(C)C. The third kappa shape index (κ3) is 7.95. The number of aromatic hydroxyl groups is 1. The Morgan fingerprint density at radius 1 is 1.06 bits per heavy atom. The van der Waals surface area contributed by atoms with Gasteiger partial charge in [-0.2, -0.15) is 0 Å². The number of carbonyl (C=O) groups is 3. The van der Waals surface area contributed by atoms with E-state index < -0.39 is 65.4 Å². The van der Waals surface area contributed by atoms with Crippen molar-refractivity contribution in [3.05, 3.63) is 57.9 Å². The first-order chi connectivity index (χ1) is 23.5. The normalized spacial score (nSPS) is 24.8. The molecule has 4 fully saturated rings. The summed E-state index contributed by atoms with van der Waals surface area (Å²) in [5, 5.41) is 15.2. The highest BCUT2D eigenvalue weighted by Gasteiger charge is 2.68. The van der Waals surface area contributed by atoms with Crippen LogP contribution in [0, 0.1) is 23.1 Å². The third-order valence-corrected chi connectivity index (χ3v) is 10.6. The largest absolute Gasteiger partial charge is 0.504 e. The summed E-state index contributed by atoms with van der Waals surface area (Å²) < 4.78 is 45.0. The molecular formula is C37H49BClFN2O9. The Kier molecular flexibility index (Phi) is 10.5. The highest BCUT2D eigenvalue weighted by molar-refractivity contribution is 6.48. The minimum absolute atomic E-state index is 0.0432. The smallest absolute Gasteiger partial charge is 0.482 e. The van der Waals surface area contributed by atoms with Gasteiger partial charge >= 0.3 is 19.2 Å². The maximum Gasteiger partial charge on any atom is 0.482 e. The predicted molar refractivity (Wildman–Crippen MR) is 189 cm³/mol. The minimum Gasteiger partial charge on any atom is -0.504 e. The van der Waals surface area contributed by atoms with E-state index in [1.807, 2.05) is 0 Å². The molecule has 1 heterocycles. The first kappa shape index (κ1) is 38.7. The quantitative estimate of drug-likeness (QED) is 0.190. The average molecular weight is 731 g/mol. The lowest BCUT2D eigenvalue weighted by atomic mass is 9.43. The number of ether oxygens (including phenoxy) is 3. The summed E-state index contributed by atoms with van der Waals surface area (Å²) in [7, 11) is 0.494. The summed E-state index contributed by atoms with van der Waals surface area (Å²) in [6.07, 6.45) is 0.704. The monoisotopic (exact) mass is 730 g/mol.